The first-order valence-corrected chi connectivity index (χ1v) is 4.58. The average Bonchev–Trinajstić information content (AvgIpc) is 2.53. The Morgan fingerprint density at radius 3 is 2.58 bits per heavy atom. The van der Waals surface area contributed by atoms with Gasteiger partial charge in [-0.25, -0.2) is 0 Å². The van der Waals surface area contributed by atoms with Crippen LogP contribution in [0.1, 0.15) is 0 Å². The van der Waals surface area contributed by atoms with Gasteiger partial charge in [0.2, 0.25) is 0 Å². The minimum absolute atomic E-state index is 0.192. The third kappa shape index (κ3) is 1.61. The molecular weight excluding hydrogens is 156 g/mol. The van der Waals surface area contributed by atoms with Crippen molar-refractivity contribution in [1.82, 2.24) is 10.2 Å². The van der Waals surface area contributed by atoms with Crippen LogP contribution in [0.2, 0.25) is 0 Å². The van der Waals surface area contributed by atoms with Crippen LogP contribution in [0.25, 0.3) is 0 Å². The maximum absolute atomic E-state index is 9.60. The standard InChI is InChI=1S/C8H16N2O2/c11-8-6-9-5-7(8)10-1-3-12-4-2-10/h7-9,11H,1-6H2/t7-,8+/m0/s1. The highest BCUT2D eigenvalue weighted by Gasteiger charge is 2.30. The second kappa shape index (κ2) is 3.70. The van der Waals surface area contributed by atoms with Gasteiger partial charge >= 0.3 is 0 Å². The molecule has 12 heavy (non-hydrogen) atoms. The Kier molecular flexibility index (Phi) is 2.60. The molecule has 4 nitrogen and oxygen atoms in total. The van der Waals surface area contributed by atoms with Crippen molar-refractivity contribution < 1.29 is 9.84 Å². The lowest BCUT2D eigenvalue weighted by Crippen LogP contribution is -2.48. The first-order valence-electron chi connectivity index (χ1n) is 4.58. The van der Waals surface area contributed by atoms with Gasteiger partial charge in [-0.3, -0.25) is 4.90 Å². The summed E-state index contributed by atoms with van der Waals surface area (Å²) in [5.74, 6) is 0. The monoisotopic (exact) mass is 172 g/mol. The van der Waals surface area contributed by atoms with Crippen LogP contribution < -0.4 is 5.32 Å². The molecule has 0 bridgehead atoms. The van der Waals surface area contributed by atoms with Gasteiger partial charge in [0.1, 0.15) is 0 Å². The molecule has 4 heteroatoms. The first-order chi connectivity index (χ1) is 5.88. The highest BCUT2D eigenvalue weighted by molar-refractivity contribution is 4.89. The lowest BCUT2D eigenvalue weighted by Gasteiger charge is -2.33. The van der Waals surface area contributed by atoms with E-state index < -0.39 is 0 Å². The van der Waals surface area contributed by atoms with Gasteiger partial charge in [-0.1, -0.05) is 0 Å². The van der Waals surface area contributed by atoms with Gasteiger partial charge in [-0.2, -0.15) is 0 Å². The summed E-state index contributed by atoms with van der Waals surface area (Å²) >= 11 is 0. The molecule has 0 aromatic carbocycles. The van der Waals surface area contributed by atoms with Crippen LogP contribution in [0.3, 0.4) is 0 Å². The quantitative estimate of drug-likeness (QED) is 0.513. The summed E-state index contributed by atoms with van der Waals surface area (Å²) in [7, 11) is 0. The molecule has 2 heterocycles. The summed E-state index contributed by atoms with van der Waals surface area (Å²) in [4.78, 5) is 2.31. The second-order valence-corrected chi connectivity index (χ2v) is 3.44. The molecule has 0 radical (unpaired) electrons. The molecule has 2 atom stereocenters. The van der Waals surface area contributed by atoms with Crippen LogP contribution in [0.4, 0.5) is 0 Å². The van der Waals surface area contributed by atoms with Crippen LogP contribution >= 0.6 is 0 Å². The van der Waals surface area contributed by atoms with E-state index in [0.717, 1.165) is 39.4 Å². The van der Waals surface area contributed by atoms with Gasteiger partial charge in [0.15, 0.2) is 0 Å². The molecule has 0 unspecified atom stereocenters. The highest BCUT2D eigenvalue weighted by Crippen LogP contribution is 2.10. The number of nitrogens with zero attached hydrogens (tertiary/aromatic N) is 1. The van der Waals surface area contributed by atoms with E-state index in [1.165, 1.54) is 0 Å². The lowest BCUT2D eigenvalue weighted by molar-refractivity contribution is -0.00592. The minimum atomic E-state index is -0.192. The summed E-state index contributed by atoms with van der Waals surface area (Å²) in [6.45, 7) is 5.20. The highest BCUT2D eigenvalue weighted by atomic mass is 16.5. The number of morpholine rings is 1. The topological polar surface area (TPSA) is 44.7 Å². The van der Waals surface area contributed by atoms with Crippen molar-refractivity contribution in [1.29, 1.82) is 0 Å². The van der Waals surface area contributed by atoms with E-state index in [1.54, 1.807) is 0 Å². The molecular formula is C8H16N2O2. The molecule has 0 amide bonds. The van der Waals surface area contributed by atoms with Crippen molar-refractivity contribution in [2.75, 3.05) is 39.4 Å². The number of nitrogens with one attached hydrogen (secondary N) is 1. The van der Waals surface area contributed by atoms with Gasteiger partial charge < -0.3 is 15.2 Å². The van der Waals surface area contributed by atoms with Crippen LogP contribution in [0, 0.1) is 0 Å². The number of aliphatic hydroxyl groups excluding tert-OH is 1. The predicted molar refractivity (Wildman–Crippen MR) is 45.1 cm³/mol. The zero-order valence-corrected chi connectivity index (χ0v) is 7.20. The Hall–Kier alpha value is -0.160. The number of ether oxygens (including phenoxy) is 1. The van der Waals surface area contributed by atoms with Crippen LogP contribution in [0.5, 0.6) is 0 Å². The van der Waals surface area contributed by atoms with E-state index in [1.807, 2.05) is 0 Å². The van der Waals surface area contributed by atoms with Gasteiger partial charge in [-0.15, -0.1) is 0 Å². The third-order valence-corrected chi connectivity index (χ3v) is 2.67. The molecule has 2 N–H and O–H groups in total. The Morgan fingerprint density at radius 1 is 1.25 bits per heavy atom. The van der Waals surface area contributed by atoms with Crippen molar-refractivity contribution in [2.24, 2.45) is 0 Å². The Morgan fingerprint density at radius 2 is 2.00 bits per heavy atom. The zero-order valence-electron chi connectivity index (χ0n) is 7.20. The fourth-order valence-corrected chi connectivity index (χ4v) is 1.93. The van der Waals surface area contributed by atoms with E-state index in [-0.39, 0.29) is 6.10 Å². The van der Waals surface area contributed by atoms with Crippen molar-refractivity contribution in [3.8, 4) is 0 Å². The minimum Gasteiger partial charge on any atom is -0.390 e. The smallest absolute Gasteiger partial charge is 0.0831 e. The molecule has 2 rings (SSSR count). The number of hydrogen-bond acceptors (Lipinski definition) is 4. The molecule has 2 fully saturated rings. The maximum atomic E-state index is 9.60. The third-order valence-electron chi connectivity index (χ3n) is 2.67. The lowest BCUT2D eigenvalue weighted by atomic mass is 10.2. The van der Waals surface area contributed by atoms with Crippen molar-refractivity contribution in [3.05, 3.63) is 0 Å². The van der Waals surface area contributed by atoms with E-state index in [0.29, 0.717) is 6.04 Å². The molecule has 0 saturated carbocycles. The normalized spacial score (nSPS) is 38.8. The van der Waals surface area contributed by atoms with Gasteiger partial charge in [0.05, 0.1) is 19.3 Å². The van der Waals surface area contributed by atoms with Crippen LogP contribution in [-0.4, -0.2) is 61.5 Å². The summed E-state index contributed by atoms with van der Waals surface area (Å²) in [6.07, 6.45) is -0.192. The van der Waals surface area contributed by atoms with E-state index in [4.69, 9.17) is 4.74 Å². The summed E-state index contributed by atoms with van der Waals surface area (Å²) in [5, 5.41) is 12.8. The number of hydrogen-bond donors (Lipinski definition) is 2. The average molecular weight is 172 g/mol. The summed E-state index contributed by atoms with van der Waals surface area (Å²) in [5.41, 5.74) is 0. The van der Waals surface area contributed by atoms with Gasteiger partial charge in [-0.05, 0) is 0 Å². The molecule has 0 aromatic rings. The molecule has 70 valence electrons. The molecule has 2 saturated heterocycles. The van der Waals surface area contributed by atoms with Crippen molar-refractivity contribution >= 4 is 0 Å². The molecule has 0 spiro atoms. The maximum Gasteiger partial charge on any atom is 0.0831 e. The predicted octanol–water partition coefficient (Wildman–Crippen LogP) is -1.35. The molecule has 2 aliphatic rings. The fourth-order valence-electron chi connectivity index (χ4n) is 1.93. The van der Waals surface area contributed by atoms with Crippen LogP contribution in [-0.2, 0) is 4.74 Å². The van der Waals surface area contributed by atoms with E-state index in [2.05, 4.69) is 10.2 Å². The van der Waals surface area contributed by atoms with Crippen LogP contribution in [0.15, 0.2) is 0 Å². The fraction of sp³-hybridized carbons (Fsp3) is 1.00. The number of rotatable bonds is 1. The zero-order chi connectivity index (χ0) is 8.39. The van der Waals surface area contributed by atoms with Gasteiger partial charge in [0, 0.05) is 32.2 Å². The van der Waals surface area contributed by atoms with Crippen molar-refractivity contribution in [3.63, 3.8) is 0 Å². The van der Waals surface area contributed by atoms with E-state index >= 15 is 0 Å². The van der Waals surface area contributed by atoms with Gasteiger partial charge in [0.25, 0.3) is 0 Å². The Balaban J connectivity index is 1.89. The summed E-state index contributed by atoms with van der Waals surface area (Å²) in [6, 6.07) is 0.314. The Bertz CT molecular complexity index is 148. The SMILES string of the molecule is O[C@@H]1CNC[C@@H]1N1CCOCC1. The summed E-state index contributed by atoms with van der Waals surface area (Å²) < 4.78 is 5.25. The van der Waals surface area contributed by atoms with Crippen molar-refractivity contribution in [2.45, 2.75) is 12.1 Å². The largest absolute Gasteiger partial charge is 0.390 e. The number of β-amino-alcohol motifs (C(OH)–C–C–N with tert-alkyl or cyclic N) is 1. The Labute approximate surface area is 72.5 Å². The second-order valence-electron chi connectivity index (χ2n) is 3.44. The molecule has 2 aliphatic heterocycles. The molecule has 0 aliphatic carbocycles. The molecule has 0 aromatic heterocycles. The number of aliphatic hydroxyl groups is 1. The van der Waals surface area contributed by atoms with E-state index in [9.17, 15) is 5.11 Å². The first kappa shape index (κ1) is 8.44.